The van der Waals surface area contributed by atoms with Crippen molar-refractivity contribution in [1.82, 2.24) is 0 Å². The lowest BCUT2D eigenvalue weighted by Gasteiger charge is -2.12. The molecule has 3 heteroatoms. The van der Waals surface area contributed by atoms with Gasteiger partial charge >= 0.3 is 0 Å². The van der Waals surface area contributed by atoms with E-state index in [-0.39, 0.29) is 6.04 Å². The maximum Gasteiger partial charge on any atom is 0.193 e. The number of para-hydroxylation sites is 1. The Morgan fingerprint density at radius 2 is 1.80 bits per heavy atom. The number of nitrogens with zero attached hydrogens (tertiary/aromatic N) is 1. The molecule has 82 valence electrons. The van der Waals surface area contributed by atoms with Gasteiger partial charge in [-0.2, -0.15) is 0 Å². The van der Waals surface area contributed by atoms with Crippen molar-refractivity contribution in [2.24, 2.45) is 10.7 Å². The summed E-state index contributed by atoms with van der Waals surface area (Å²) in [6.07, 6.45) is 0. The number of aryl methyl sites for hydroxylation is 2. The van der Waals surface area contributed by atoms with Crippen LogP contribution < -0.4 is 11.1 Å². The van der Waals surface area contributed by atoms with Crippen molar-refractivity contribution >= 4 is 11.6 Å². The summed E-state index contributed by atoms with van der Waals surface area (Å²) in [4.78, 5) is 4.24. The molecule has 0 radical (unpaired) electrons. The molecular weight excluding hydrogens is 186 g/mol. The Kier molecular flexibility index (Phi) is 3.72. The number of rotatable bonds is 2. The third kappa shape index (κ3) is 3.27. The summed E-state index contributed by atoms with van der Waals surface area (Å²) in [6.45, 7) is 8.11. The second-order valence-electron chi connectivity index (χ2n) is 4.00. The zero-order chi connectivity index (χ0) is 11.4. The normalized spacial score (nSPS) is 11.9. The Labute approximate surface area is 91.4 Å². The molecule has 0 spiro atoms. The van der Waals surface area contributed by atoms with Crippen LogP contribution in [0.5, 0.6) is 0 Å². The predicted octanol–water partition coefficient (Wildman–Crippen LogP) is 2.44. The first-order chi connectivity index (χ1) is 7.00. The van der Waals surface area contributed by atoms with E-state index in [4.69, 9.17) is 5.73 Å². The molecule has 0 fully saturated rings. The summed E-state index contributed by atoms with van der Waals surface area (Å²) in [5, 5.41) is 3.14. The van der Waals surface area contributed by atoms with Crippen LogP contribution in [0, 0.1) is 13.8 Å². The van der Waals surface area contributed by atoms with Crippen molar-refractivity contribution in [3.8, 4) is 0 Å². The van der Waals surface area contributed by atoms with Crippen molar-refractivity contribution in [2.75, 3.05) is 5.32 Å². The Morgan fingerprint density at radius 1 is 1.27 bits per heavy atom. The highest BCUT2D eigenvalue weighted by molar-refractivity contribution is 5.93. The van der Waals surface area contributed by atoms with E-state index in [0.29, 0.717) is 5.96 Å². The van der Waals surface area contributed by atoms with Gasteiger partial charge in [-0.3, -0.25) is 4.99 Å². The van der Waals surface area contributed by atoms with Crippen LogP contribution in [0.1, 0.15) is 25.0 Å². The van der Waals surface area contributed by atoms with E-state index in [0.717, 1.165) is 5.69 Å². The molecule has 0 aliphatic carbocycles. The van der Waals surface area contributed by atoms with Gasteiger partial charge in [0, 0.05) is 11.7 Å². The van der Waals surface area contributed by atoms with E-state index < -0.39 is 0 Å². The van der Waals surface area contributed by atoms with Crippen molar-refractivity contribution in [3.05, 3.63) is 29.3 Å². The standard InChI is InChI=1S/C12H19N3/c1-8(2)14-12(13)15-11-9(3)6-5-7-10(11)4/h5-8H,1-4H3,(H3,13,14,15). The van der Waals surface area contributed by atoms with Crippen LogP contribution >= 0.6 is 0 Å². The molecular formula is C12H19N3. The van der Waals surface area contributed by atoms with Crippen LogP contribution in [-0.2, 0) is 0 Å². The summed E-state index contributed by atoms with van der Waals surface area (Å²) in [5.41, 5.74) is 9.19. The fraction of sp³-hybridized carbons (Fsp3) is 0.417. The zero-order valence-electron chi connectivity index (χ0n) is 9.83. The number of benzene rings is 1. The predicted molar refractivity (Wildman–Crippen MR) is 66.3 cm³/mol. The van der Waals surface area contributed by atoms with Gasteiger partial charge in [-0.05, 0) is 38.8 Å². The van der Waals surface area contributed by atoms with Gasteiger partial charge in [0.15, 0.2) is 5.96 Å². The summed E-state index contributed by atoms with van der Waals surface area (Å²) >= 11 is 0. The van der Waals surface area contributed by atoms with Gasteiger partial charge in [-0.15, -0.1) is 0 Å². The average molecular weight is 205 g/mol. The first kappa shape index (κ1) is 11.6. The highest BCUT2D eigenvalue weighted by Crippen LogP contribution is 2.18. The van der Waals surface area contributed by atoms with Crippen molar-refractivity contribution in [2.45, 2.75) is 33.7 Å². The minimum absolute atomic E-state index is 0.210. The Hall–Kier alpha value is -1.51. The molecule has 0 aromatic heterocycles. The third-order valence-corrected chi connectivity index (χ3v) is 2.13. The first-order valence-corrected chi connectivity index (χ1v) is 5.17. The SMILES string of the molecule is Cc1cccc(C)c1NC(N)=NC(C)C. The van der Waals surface area contributed by atoms with E-state index in [1.54, 1.807) is 0 Å². The molecule has 0 saturated heterocycles. The van der Waals surface area contributed by atoms with Crippen LogP contribution in [0.4, 0.5) is 5.69 Å². The molecule has 1 aromatic carbocycles. The molecule has 0 aliphatic rings. The molecule has 0 heterocycles. The Balaban J connectivity index is 2.90. The molecule has 0 saturated carbocycles. The molecule has 0 amide bonds. The largest absolute Gasteiger partial charge is 0.370 e. The number of aliphatic imine (C=N–C) groups is 1. The number of nitrogens with two attached hydrogens (primary N) is 1. The fourth-order valence-corrected chi connectivity index (χ4v) is 1.45. The van der Waals surface area contributed by atoms with Gasteiger partial charge < -0.3 is 11.1 Å². The quantitative estimate of drug-likeness (QED) is 0.575. The monoisotopic (exact) mass is 205 g/mol. The fourth-order valence-electron chi connectivity index (χ4n) is 1.45. The first-order valence-electron chi connectivity index (χ1n) is 5.17. The maximum atomic E-state index is 5.78. The summed E-state index contributed by atoms with van der Waals surface area (Å²) in [6, 6.07) is 6.35. The van der Waals surface area contributed by atoms with Crippen LogP contribution in [0.25, 0.3) is 0 Å². The zero-order valence-corrected chi connectivity index (χ0v) is 9.83. The van der Waals surface area contributed by atoms with Crippen LogP contribution in [0.2, 0.25) is 0 Å². The van der Waals surface area contributed by atoms with Gasteiger partial charge in [0.2, 0.25) is 0 Å². The minimum atomic E-state index is 0.210. The molecule has 0 atom stereocenters. The highest BCUT2D eigenvalue weighted by atomic mass is 15.1. The molecule has 0 unspecified atom stereocenters. The summed E-state index contributed by atoms with van der Waals surface area (Å²) in [5.74, 6) is 0.474. The summed E-state index contributed by atoms with van der Waals surface area (Å²) in [7, 11) is 0. The Morgan fingerprint density at radius 3 is 2.27 bits per heavy atom. The van der Waals surface area contributed by atoms with Gasteiger partial charge in [-0.25, -0.2) is 0 Å². The minimum Gasteiger partial charge on any atom is -0.370 e. The second-order valence-corrected chi connectivity index (χ2v) is 4.00. The van der Waals surface area contributed by atoms with E-state index >= 15 is 0 Å². The van der Waals surface area contributed by atoms with Gasteiger partial charge in [0.1, 0.15) is 0 Å². The van der Waals surface area contributed by atoms with Crippen molar-refractivity contribution in [3.63, 3.8) is 0 Å². The maximum absolute atomic E-state index is 5.78. The lowest BCUT2D eigenvalue weighted by molar-refractivity contribution is 0.833. The van der Waals surface area contributed by atoms with E-state index in [1.807, 2.05) is 19.9 Å². The van der Waals surface area contributed by atoms with Gasteiger partial charge in [0.05, 0.1) is 0 Å². The lowest BCUT2D eigenvalue weighted by atomic mass is 10.1. The second kappa shape index (κ2) is 4.82. The Bertz CT molecular complexity index is 347. The van der Waals surface area contributed by atoms with E-state index in [1.165, 1.54) is 11.1 Å². The average Bonchev–Trinajstić information content (AvgIpc) is 2.10. The lowest BCUT2D eigenvalue weighted by Crippen LogP contribution is -2.24. The van der Waals surface area contributed by atoms with Crippen LogP contribution in [0.15, 0.2) is 23.2 Å². The molecule has 15 heavy (non-hydrogen) atoms. The van der Waals surface area contributed by atoms with E-state index in [9.17, 15) is 0 Å². The number of guanidine groups is 1. The number of nitrogens with one attached hydrogen (secondary N) is 1. The van der Waals surface area contributed by atoms with E-state index in [2.05, 4.69) is 36.3 Å². The number of hydrogen-bond donors (Lipinski definition) is 2. The third-order valence-electron chi connectivity index (χ3n) is 2.13. The van der Waals surface area contributed by atoms with Crippen LogP contribution in [0.3, 0.4) is 0 Å². The van der Waals surface area contributed by atoms with Crippen molar-refractivity contribution < 1.29 is 0 Å². The number of anilines is 1. The molecule has 3 N–H and O–H groups in total. The number of hydrogen-bond acceptors (Lipinski definition) is 1. The van der Waals surface area contributed by atoms with Gasteiger partial charge in [0.25, 0.3) is 0 Å². The van der Waals surface area contributed by atoms with Gasteiger partial charge in [-0.1, -0.05) is 18.2 Å². The molecule has 1 rings (SSSR count). The molecule has 3 nitrogen and oxygen atoms in total. The van der Waals surface area contributed by atoms with Crippen molar-refractivity contribution in [1.29, 1.82) is 0 Å². The molecule has 1 aromatic rings. The molecule has 0 bridgehead atoms. The highest BCUT2D eigenvalue weighted by Gasteiger charge is 2.02. The van der Waals surface area contributed by atoms with Crippen LogP contribution in [-0.4, -0.2) is 12.0 Å². The smallest absolute Gasteiger partial charge is 0.193 e. The summed E-state index contributed by atoms with van der Waals surface area (Å²) < 4.78 is 0. The molecule has 0 aliphatic heterocycles. The topological polar surface area (TPSA) is 50.4 Å².